The molecular weight excluding hydrogens is 614 g/mol. The van der Waals surface area contributed by atoms with E-state index in [-0.39, 0.29) is 11.1 Å². The molecule has 1 atom stereocenters. The highest BCUT2D eigenvalue weighted by Crippen LogP contribution is 2.32. The Morgan fingerprint density at radius 2 is 1.78 bits per heavy atom. The molecule has 0 aliphatic carbocycles. The molecule has 0 spiro atoms. The zero-order valence-electron chi connectivity index (χ0n) is 25.7. The first-order chi connectivity index (χ1) is 22.2. The molecule has 244 valence electrons. The van der Waals surface area contributed by atoms with E-state index in [1.54, 1.807) is 6.07 Å². The number of ether oxygens (including phenoxy) is 1. The van der Waals surface area contributed by atoms with Crippen molar-refractivity contribution < 1.29 is 26.7 Å². The maximum absolute atomic E-state index is 13.8. The number of nitrogens with one attached hydrogen (secondary N) is 2. The summed E-state index contributed by atoms with van der Waals surface area (Å²) in [5, 5.41) is 8.19. The summed E-state index contributed by atoms with van der Waals surface area (Å²) < 4.78 is 59.7. The SMILES string of the molecule is CN(CCN1CCCCC1)c1cccc(C(=O)Nn2ncc3cc(S(=O)(=O)c4cc(F)cc(F)c4)ccc32)c1NC1CCCCO1. The molecule has 3 heterocycles. The Kier molecular flexibility index (Phi) is 9.52. The summed E-state index contributed by atoms with van der Waals surface area (Å²) in [6.45, 7) is 4.58. The molecule has 3 aromatic carbocycles. The van der Waals surface area contributed by atoms with Crippen molar-refractivity contribution in [1.82, 2.24) is 14.8 Å². The molecule has 1 unspecified atom stereocenters. The van der Waals surface area contributed by atoms with Gasteiger partial charge in [-0.05, 0) is 87.7 Å². The fraction of sp³-hybridized carbons (Fsp3) is 0.394. The number of fused-ring (bicyclic) bond motifs is 1. The molecule has 6 rings (SSSR count). The van der Waals surface area contributed by atoms with Crippen molar-refractivity contribution >= 4 is 38.0 Å². The van der Waals surface area contributed by atoms with Gasteiger partial charge in [-0.2, -0.15) is 9.89 Å². The largest absolute Gasteiger partial charge is 0.372 e. The number of hydrogen-bond donors (Lipinski definition) is 2. The van der Waals surface area contributed by atoms with Crippen molar-refractivity contribution in [1.29, 1.82) is 0 Å². The van der Waals surface area contributed by atoms with Gasteiger partial charge in [-0.3, -0.25) is 4.79 Å². The van der Waals surface area contributed by atoms with E-state index in [4.69, 9.17) is 4.74 Å². The Morgan fingerprint density at radius 3 is 2.52 bits per heavy atom. The minimum Gasteiger partial charge on any atom is -0.372 e. The third kappa shape index (κ3) is 7.01. The Labute approximate surface area is 267 Å². The van der Waals surface area contributed by atoms with Crippen LogP contribution in [0.25, 0.3) is 10.9 Å². The zero-order valence-corrected chi connectivity index (χ0v) is 26.5. The molecule has 0 saturated carbocycles. The summed E-state index contributed by atoms with van der Waals surface area (Å²) in [4.78, 5) is 19.1. The van der Waals surface area contributed by atoms with E-state index in [0.717, 1.165) is 63.3 Å². The fourth-order valence-corrected chi connectivity index (χ4v) is 7.39. The number of anilines is 2. The lowest BCUT2D eigenvalue weighted by Crippen LogP contribution is -2.37. The molecule has 0 bridgehead atoms. The molecule has 1 aromatic heterocycles. The lowest BCUT2D eigenvalue weighted by atomic mass is 10.1. The van der Waals surface area contributed by atoms with Gasteiger partial charge in [-0.25, -0.2) is 22.6 Å². The fourth-order valence-electron chi connectivity index (χ4n) is 6.05. The minimum absolute atomic E-state index is 0.157. The second kappa shape index (κ2) is 13.7. The smallest absolute Gasteiger partial charge is 0.273 e. The number of halogens is 2. The first-order valence-electron chi connectivity index (χ1n) is 15.6. The number of carbonyl (C=O) groups is 1. The molecule has 2 aliphatic heterocycles. The van der Waals surface area contributed by atoms with E-state index in [0.29, 0.717) is 34.8 Å². The van der Waals surface area contributed by atoms with Crippen molar-refractivity contribution in [3.8, 4) is 0 Å². The van der Waals surface area contributed by atoms with Crippen molar-refractivity contribution in [2.45, 2.75) is 54.5 Å². The third-order valence-electron chi connectivity index (χ3n) is 8.59. The topological polar surface area (TPSA) is 109 Å². The maximum atomic E-state index is 13.8. The molecule has 2 fully saturated rings. The quantitative estimate of drug-likeness (QED) is 0.235. The second-order valence-electron chi connectivity index (χ2n) is 11.8. The predicted molar refractivity (Wildman–Crippen MR) is 172 cm³/mol. The molecule has 2 saturated heterocycles. The molecule has 0 radical (unpaired) electrons. The van der Waals surface area contributed by atoms with Gasteiger partial charge in [0.25, 0.3) is 5.91 Å². The van der Waals surface area contributed by atoms with Gasteiger partial charge in [-0.15, -0.1) is 0 Å². The molecule has 10 nitrogen and oxygen atoms in total. The van der Waals surface area contributed by atoms with Gasteiger partial charge < -0.3 is 19.9 Å². The molecule has 46 heavy (non-hydrogen) atoms. The first-order valence-corrected chi connectivity index (χ1v) is 17.1. The predicted octanol–water partition coefficient (Wildman–Crippen LogP) is 5.39. The standard InChI is InChI=1S/C33H38F2N6O4S/c1-39(15-16-40-13-4-2-5-14-40)30-9-7-8-28(32(30)37-31-10-3-6-17-45-31)33(42)38-41-29-12-11-26(18-23(29)22-36-41)46(43,44)27-20-24(34)19-25(35)21-27/h7-9,11-12,18-22,31,37H,2-6,10,13-17H2,1H3,(H,38,42). The number of amides is 1. The van der Waals surface area contributed by atoms with Crippen LogP contribution < -0.4 is 15.6 Å². The van der Waals surface area contributed by atoms with E-state index >= 15 is 0 Å². The van der Waals surface area contributed by atoms with Crippen LogP contribution in [0.5, 0.6) is 0 Å². The normalized spacial score (nSPS) is 17.6. The van der Waals surface area contributed by atoms with Crippen molar-refractivity contribution in [2.24, 2.45) is 0 Å². The molecule has 2 aliphatic rings. The summed E-state index contributed by atoms with van der Waals surface area (Å²) in [6, 6.07) is 11.9. The first kappa shape index (κ1) is 31.9. The van der Waals surface area contributed by atoms with E-state index in [9.17, 15) is 22.0 Å². The molecular formula is C33H38F2N6O4S. The Hall–Kier alpha value is -4.07. The summed E-state index contributed by atoms with van der Waals surface area (Å²) in [7, 11) is -2.18. The molecule has 2 N–H and O–H groups in total. The van der Waals surface area contributed by atoms with E-state index in [1.165, 1.54) is 48.4 Å². The second-order valence-corrected chi connectivity index (χ2v) is 13.8. The van der Waals surface area contributed by atoms with Crippen LogP contribution in [0.1, 0.15) is 48.9 Å². The number of hydrogen-bond acceptors (Lipinski definition) is 8. The number of nitrogens with zero attached hydrogens (tertiary/aromatic N) is 4. The molecule has 1 amide bonds. The Balaban J connectivity index is 1.26. The van der Waals surface area contributed by atoms with E-state index < -0.39 is 32.3 Å². The highest BCUT2D eigenvalue weighted by Gasteiger charge is 2.24. The lowest BCUT2D eigenvalue weighted by molar-refractivity contribution is 0.0343. The van der Waals surface area contributed by atoms with E-state index in [1.807, 2.05) is 19.2 Å². The van der Waals surface area contributed by atoms with E-state index in [2.05, 4.69) is 25.6 Å². The number of likely N-dealkylation sites (tertiary alicyclic amines) is 1. The number of sulfone groups is 1. The van der Waals surface area contributed by atoms with Crippen LogP contribution in [0.3, 0.4) is 0 Å². The number of carbonyl (C=O) groups excluding carboxylic acids is 1. The Bertz CT molecular complexity index is 1800. The van der Waals surface area contributed by atoms with Crippen LogP contribution in [-0.4, -0.2) is 75.2 Å². The monoisotopic (exact) mass is 652 g/mol. The average molecular weight is 653 g/mol. The van der Waals surface area contributed by atoms with Crippen LogP contribution in [0.15, 0.2) is 70.6 Å². The third-order valence-corrected chi connectivity index (χ3v) is 10.3. The van der Waals surface area contributed by atoms with Gasteiger partial charge >= 0.3 is 0 Å². The number of rotatable bonds is 10. The van der Waals surface area contributed by atoms with Gasteiger partial charge in [0.1, 0.15) is 17.9 Å². The van der Waals surface area contributed by atoms with Crippen molar-refractivity contribution in [3.63, 3.8) is 0 Å². The van der Waals surface area contributed by atoms with Gasteiger partial charge in [0.05, 0.1) is 38.4 Å². The number of para-hydroxylation sites is 1. The van der Waals surface area contributed by atoms with Crippen molar-refractivity contribution in [3.05, 3.63) is 78.0 Å². The van der Waals surface area contributed by atoms with Crippen LogP contribution in [0.4, 0.5) is 20.2 Å². The van der Waals surface area contributed by atoms with Crippen LogP contribution in [0.2, 0.25) is 0 Å². The number of likely N-dealkylation sites (N-methyl/N-ethyl adjacent to an activating group) is 1. The van der Waals surface area contributed by atoms with Crippen molar-refractivity contribution in [2.75, 3.05) is 55.5 Å². The summed E-state index contributed by atoms with van der Waals surface area (Å²) in [6.07, 6.45) is 7.75. The van der Waals surface area contributed by atoms with Gasteiger partial charge in [0, 0.05) is 38.2 Å². The van der Waals surface area contributed by atoms with Crippen LogP contribution in [0, 0.1) is 11.6 Å². The number of aromatic nitrogens is 2. The van der Waals surface area contributed by atoms with Gasteiger partial charge in [0.2, 0.25) is 9.84 Å². The minimum atomic E-state index is -4.21. The summed E-state index contributed by atoms with van der Waals surface area (Å²) in [5.41, 5.74) is 5.23. The maximum Gasteiger partial charge on any atom is 0.273 e. The van der Waals surface area contributed by atoms with Gasteiger partial charge in [0.15, 0.2) is 0 Å². The lowest BCUT2D eigenvalue weighted by Gasteiger charge is -2.32. The number of benzene rings is 3. The summed E-state index contributed by atoms with van der Waals surface area (Å²) in [5.74, 6) is -2.39. The molecule has 4 aromatic rings. The number of piperidine rings is 1. The van der Waals surface area contributed by atoms with Crippen LogP contribution in [-0.2, 0) is 14.6 Å². The zero-order chi connectivity index (χ0) is 32.3. The van der Waals surface area contributed by atoms with Gasteiger partial charge in [-0.1, -0.05) is 12.5 Å². The highest BCUT2D eigenvalue weighted by molar-refractivity contribution is 7.91. The molecule has 13 heteroatoms. The Morgan fingerprint density at radius 1 is 1.00 bits per heavy atom. The average Bonchev–Trinajstić information content (AvgIpc) is 3.46. The summed E-state index contributed by atoms with van der Waals surface area (Å²) >= 11 is 0. The van der Waals surface area contributed by atoms with Crippen LogP contribution >= 0.6 is 0 Å². The highest BCUT2D eigenvalue weighted by atomic mass is 32.2.